The predicted octanol–water partition coefficient (Wildman–Crippen LogP) is 2.78. The molecular weight excluding hydrogens is 238 g/mol. The number of nitrogens with zero attached hydrogens (tertiary/aromatic N) is 1. The zero-order valence-corrected chi connectivity index (χ0v) is 11.2. The molecule has 1 radical (unpaired) electrons. The van der Waals surface area contributed by atoms with Gasteiger partial charge in [0.15, 0.2) is 0 Å². The SMILES string of the molecule is COn1cc([CH][si]2ccccc2)c2ccccc21. The summed E-state index contributed by atoms with van der Waals surface area (Å²) < 4.78 is 1.83. The van der Waals surface area contributed by atoms with Crippen LogP contribution in [0.5, 0.6) is 0 Å². The topological polar surface area (TPSA) is 14.2 Å². The number of para-hydroxylation sites is 1. The zero-order chi connectivity index (χ0) is 12.4. The number of aromatic nitrogens is 1. The summed E-state index contributed by atoms with van der Waals surface area (Å²) in [7, 11) is 1.02. The van der Waals surface area contributed by atoms with Crippen molar-refractivity contribution in [1.82, 2.24) is 4.73 Å². The van der Waals surface area contributed by atoms with Crippen LogP contribution in [0.4, 0.5) is 0 Å². The van der Waals surface area contributed by atoms with Crippen molar-refractivity contribution in [2.45, 2.75) is 0 Å². The molecule has 0 atom stereocenters. The Balaban J connectivity index is 2.07. The largest absolute Gasteiger partial charge is 0.417 e. The van der Waals surface area contributed by atoms with Crippen LogP contribution in [0.3, 0.4) is 0 Å². The van der Waals surface area contributed by atoms with Gasteiger partial charge in [-0.15, -0.1) is 0 Å². The molecule has 0 unspecified atom stereocenters. The quantitative estimate of drug-likeness (QED) is 0.654. The third-order valence-electron chi connectivity index (χ3n) is 3.03. The Morgan fingerprint density at radius 3 is 2.61 bits per heavy atom. The van der Waals surface area contributed by atoms with Crippen molar-refractivity contribution in [3.05, 3.63) is 71.6 Å². The second-order valence-electron chi connectivity index (χ2n) is 4.16. The molecule has 0 spiro atoms. The molecule has 3 heteroatoms. The summed E-state index contributed by atoms with van der Waals surface area (Å²) in [5.74, 6) is 0. The van der Waals surface area contributed by atoms with Crippen molar-refractivity contribution in [3.63, 3.8) is 0 Å². The first kappa shape index (κ1) is 11.2. The lowest BCUT2D eigenvalue weighted by atomic mass is 10.2. The van der Waals surface area contributed by atoms with Crippen molar-refractivity contribution in [2.75, 3.05) is 7.11 Å². The van der Waals surface area contributed by atoms with E-state index in [2.05, 4.69) is 60.0 Å². The maximum Gasteiger partial charge on any atom is 0.104 e. The second-order valence-corrected chi connectivity index (χ2v) is 6.12. The highest BCUT2D eigenvalue weighted by Gasteiger charge is 2.08. The van der Waals surface area contributed by atoms with Crippen LogP contribution in [0.25, 0.3) is 10.9 Å². The molecule has 2 aromatic heterocycles. The van der Waals surface area contributed by atoms with Crippen LogP contribution in [-0.2, 0) is 0 Å². The standard InChI is InChI=1S/C15H14NOSi/c1-17-16-11-13(12-18-9-5-2-6-10-18)14-7-3-4-8-15(14)16/h2-12H,1H3. The molecular formula is C15H14NOSi. The van der Waals surface area contributed by atoms with E-state index in [9.17, 15) is 0 Å². The van der Waals surface area contributed by atoms with E-state index in [4.69, 9.17) is 4.84 Å². The minimum absolute atomic E-state index is 0.672. The molecule has 0 saturated carbocycles. The van der Waals surface area contributed by atoms with E-state index in [1.54, 1.807) is 7.11 Å². The van der Waals surface area contributed by atoms with Gasteiger partial charge < -0.3 is 4.84 Å². The van der Waals surface area contributed by atoms with Gasteiger partial charge in [0.2, 0.25) is 0 Å². The molecule has 0 N–H and O–H groups in total. The van der Waals surface area contributed by atoms with Gasteiger partial charge in [0.05, 0.1) is 5.52 Å². The minimum atomic E-state index is -0.672. The van der Waals surface area contributed by atoms with Gasteiger partial charge in [0, 0.05) is 26.0 Å². The summed E-state index contributed by atoms with van der Waals surface area (Å²) in [6, 6.07) is 17.0. The number of hydrogen-bond donors (Lipinski definition) is 0. The Bertz CT molecular complexity index is 661. The lowest BCUT2D eigenvalue weighted by Crippen LogP contribution is -2.03. The van der Waals surface area contributed by atoms with Gasteiger partial charge in [-0.2, -0.15) is 4.73 Å². The van der Waals surface area contributed by atoms with E-state index >= 15 is 0 Å². The van der Waals surface area contributed by atoms with Crippen LogP contribution in [0, 0.1) is 6.04 Å². The Morgan fingerprint density at radius 1 is 1.06 bits per heavy atom. The fourth-order valence-electron chi connectivity index (χ4n) is 2.17. The van der Waals surface area contributed by atoms with Crippen molar-refractivity contribution >= 4 is 19.3 Å². The molecule has 2 nitrogen and oxygen atoms in total. The highest BCUT2D eigenvalue weighted by Crippen LogP contribution is 2.21. The summed E-state index contributed by atoms with van der Waals surface area (Å²) in [6.45, 7) is 0. The number of fused-ring (bicyclic) bond motifs is 1. The first-order valence-electron chi connectivity index (χ1n) is 5.93. The van der Waals surface area contributed by atoms with E-state index in [1.165, 1.54) is 10.9 Å². The lowest BCUT2D eigenvalue weighted by molar-refractivity contribution is 0.179. The second kappa shape index (κ2) is 4.78. The molecule has 1 aromatic carbocycles. The van der Waals surface area contributed by atoms with Gasteiger partial charge in [-0.1, -0.05) is 47.8 Å². The molecule has 18 heavy (non-hydrogen) atoms. The molecule has 0 aliphatic carbocycles. The molecule has 3 aromatic rings. The molecule has 0 aliphatic rings. The minimum Gasteiger partial charge on any atom is -0.417 e. The van der Waals surface area contributed by atoms with Crippen molar-refractivity contribution in [3.8, 4) is 0 Å². The average molecular weight is 252 g/mol. The fraction of sp³-hybridized carbons (Fsp3) is 0.0667. The molecule has 0 aliphatic heterocycles. The van der Waals surface area contributed by atoms with Gasteiger partial charge in [-0.25, -0.2) is 0 Å². The van der Waals surface area contributed by atoms with Gasteiger partial charge in [0.1, 0.15) is 7.11 Å². The summed E-state index contributed by atoms with van der Waals surface area (Å²) in [6.07, 6.45) is 2.06. The van der Waals surface area contributed by atoms with Crippen molar-refractivity contribution in [1.29, 1.82) is 0 Å². The first-order valence-corrected chi connectivity index (χ1v) is 7.66. The molecule has 0 amide bonds. The molecule has 2 heterocycles. The fourth-order valence-corrected chi connectivity index (χ4v) is 3.73. The van der Waals surface area contributed by atoms with Crippen LogP contribution in [0.15, 0.2) is 60.0 Å². The molecule has 89 valence electrons. The van der Waals surface area contributed by atoms with Crippen LogP contribution in [0.1, 0.15) is 5.56 Å². The monoisotopic (exact) mass is 252 g/mol. The van der Waals surface area contributed by atoms with E-state index in [1.807, 2.05) is 10.8 Å². The molecule has 0 saturated heterocycles. The van der Waals surface area contributed by atoms with Gasteiger partial charge >= 0.3 is 0 Å². The van der Waals surface area contributed by atoms with Gasteiger partial charge in [0.25, 0.3) is 0 Å². The predicted molar refractivity (Wildman–Crippen MR) is 75.6 cm³/mol. The van der Waals surface area contributed by atoms with E-state index in [0.29, 0.717) is 0 Å². The summed E-state index contributed by atoms with van der Waals surface area (Å²) in [5.41, 5.74) is 6.93. The van der Waals surface area contributed by atoms with Crippen molar-refractivity contribution in [2.24, 2.45) is 0 Å². The number of hydrogen-bond acceptors (Lipinski definition) is 1. The van der Waals surface area contributed by atoms with E-state index in [0.717, 1.165) is 5.52 Å². The smallest absolute Gasteiger partial charge is 0.104 e. The lowest BCUT2D eigenvalue weighted by Gasteiger charge is -2.00. The Hall–Kier alpha value is -1.87. The summed E-state index contributed by atoms with van der Waals surface area (Å²) in [5, 5.41) is 1.24. The summed E-state index contributed by atoms with van der Waals surface area (Å²) >= 11 is 0. The van der Waals surface area contributed by atoms with Crippen molar-refractivity contribution < 1.29 is 4.84 Å². The highest BCUT2D eigenvalue weighted by molar-refractivity contribution is 6.55. The Kier molecular flexibility index (Phi) is 2.98. The molecule has 0 bridgehead atoms. The number of benzene rings is 1. The third kappa shape index (κ3) is 1.97. The maximum absolute atomic E-state index is 5.36. The molecule has 0 fully saturated rings. The van der Waals surface area contributed by atoms with E-state index in [-0.39, 0.29) is 0 Å². The highest BCUT2D eigenvalue weighted by atomic mass is 28.2. The maximum atomic E-state index is 5.36. The van der Waals surface area contributed by atoms with Gasteiger partial charge in [-0.05, 0) is 11.6 Å². The van der Waals surface area contributed by atoms with Gasteiger partial charge in [-0.3, -0.25) is 0 Å². The average Bonchev–Trinajstić information content (AvgIpc) is 2.78. The van der Waals surface area contributed by atoms with Crippen LogP contribution >= 0.6 is 0 Å². The first-order chi connectivity index (χ1) is 8.88. The normalized spacial score (nSPS) is 10.7. The van der Waals surface area contributed by atoms with Crippen LogP contribution < -0.4 is 4.84 Å². The number of rotatable bonds is 3. The Morgan fingerprint density at radius 2 is 1.83 bits per heavy atom. The van der Waals surface area contributed by atoms with Crippen LogP contribution in [-0.4, -0.2) is 20.2 Å². The van der Waals surface area contributed by atoms with E-state index < -0.39 is 8.40 Å². The third-order valence-corrected chi connectivity index (χ3v) is 4.83. The zero-order valence-electron chi connectivity index (χ0n) is 10.2. The molecule has 3 rings (SSSR count). The summed E-state index contributed by atoms with van der Waals surface area (Å²) in [4.78, 5) is 5.36. The Labute approximate surface area is 108 Å². The van der Waals surface area contributed by atoms with Crippen LogP contribution in [0.2, 0.25) is 0 Å².